The molecular weight excluding hydrogens is 246 g/mol. The van der Waals surface area contributed by atoms with Crippen molar-refractivity contribution in [3.63, 3.8) is 0 Å². The van der Waals surface area contributed by atoms with E-state index in [0.717, 1.165) is 11.1 Å². The lowest BCUT2D eigenvalue weighted by Gasteiger charge is -2.22. The molecule has 0 spiro atoms. The molecule has 5 nitrogen and oxygen atoms in total. The summed E-state index contributed by atoms with van der Waals surface area (Å²) in [7, 11) is 4.82. The van der Waals surface area contributed by atoms with E-state index in [2.05, 4.69) is 0 Å². The molecule has 1 aromatic rings. The molecule has 0 saturated heterocycles. The lowest BCUT2D eigenvalue weighted by atomic mass is 10.1. The van der Waals surface area contributed by atoms with Gasteiger partial charge in [-0.1, -0.05) is 0 Å². The second-order valence-electron chi connectivity index (χ2n) is 4.50. The largest absolute Gasteiger partial charge is 0.497 e. The van der Waals surface area contributed by atoms with Gasteiger partial charge in [-0.3, -0.25) is 4.79 Å². The topological polar surface area (TPSA) is 59.0 Å². The van der Waals surface area contributed by atoms with Crippen LogP contribution >= 0.6 is 0 Å². The number of amides is 1. The lowest BCUT2D eigenvalue weighted by molar-refractivity contribution is -0.138. The van der Waals surface area contributed by atoms with Gasteiger partial charge in [-0.15, -0.1) is 0 Å². The van der Waals surface area contributed by atoms with Gasteiger partial charge in [0.05, 0.1) is 14.2 Å². The predicted octanol–water partition coefficient (Wildman–Crippen LogP) is 1.35. The van der Waals surface area contributed by atoms with Crippen LogP contribution in [0.3, 0.4) is 0 Å². The van der Waals surface area contributed by atoms with Crippen molar-refractivity contribution in [3.8, 4) is 11.5 Å². The Kier molecular flexibility index (Phi) is 5.18. The number of aryl methyl sites for hydroxylation is 1. The normalized spacial score (nSPS) is 11.9. The van der Waals surface area contributed by atoms with Crippen LogP contribution in [0.2, 0.25) is 0 Å². The highest BCUT2D eigenvalue weighted by Gasteiger charge is 2.18. The van der Waals surface area contributed by atoms with Gasteiger partial charge >= 0.3 is 0 Å². The third kappa shape index (κ3) is 3.61. The highest BCUT2D eigenvalue weighted by Crippen LogP contribution is 2.29. The Morgan fingerprint density at radius 3 is 2.47 bits per heavy atom. The number of hydrogen-bond acceptors (Lipinski definition) is 4. The van der Waals surface area contributed by atoms with E-state index in [-0.39, 0.29) is 5.91 Å². The Morgan fingerprint density at radius 1 is 1.37 bits per heavy atom. The molecule has 1 aromatic carbocycles. The second kappa shape index (κ2) is 6.43. The summed E-state index contributed by atoms with van der Waals surface area (Å²) < 4.78 is 10.5. The average molecular weight is 267 g/mol. The molecule has 0 aliphatic carbocycles. The summed E-state index contributed by atoms with van der Waals surface area (Å²) in [6.45, 7) is 3.76. The molecule has 0 aliphatic rings. The molecule has 0 bridgehead atoms. The summed E-state index contributed by atoms with van der Waals surface area (Å²) in [6, 6.07) is 3.67. The number of ether oxygens (including phenoxy) is 2. The van der Waals surface area contributed by atoms with Gasteiger partial charge < -0.3 is 19.5 Å². The van der Waals surface area contributed by atoms with E-state index in [4.69, 9.17) is 9.47 Å². The number of hydrogen-bond donors (Lipinski definition) is 1. The number of benzene rings is 1. The van der Waals surface area contributed by atoms with E-state index < -0.39 is 6.10 Å². The molecule has 0 aliphatic heterocycles. The molecule has 1 atom stereocenters. The molecular formula is C14H21NO4. The minimum Gasteiger partial charge on any atom is -0.497 e. The SMILES string of the molecule is COc1cc(C)c(CN(C)C(=O)C(C)O)c(OC)c1. The number of rotatable bonds is 5. The zero-order valence-electron chi connectivity index (χ0n) is 12.1. The van der Waals surface area contributed by atoms with Crippen molar-refractivity contribution in [1.82, 2.24) is 4.90 Å². The third-order valence-corrected chi connectivity index (χ3v) is 2.99. The first-order valence-electron chi connectivity index (χ1n) is 6.05. The average Bonchev–Trinajstić information content (AvgIpc) is 2.39. The molecule has 0 fully saturated rings. The smallest absolute Gasteiger partial charge is 0.251 e. The molecule has 1 unspecified atom stereocenters. The zero-order valence-corrected chi connectivity index (χ0v) is 12.1. The summed E-state index contributed by atoms with van der Waals surface area (Å²) in [6.07, 6.45) is -1.01. The van der Waals surface area contributed by atoms with Crippen molar-refractivity contribution < 1.29 is 19.4 Å². The number of aliphatic hydroxyl groups excluding tert-OH is 1. The molecule has 1 rings (SSSR count). The van der Waals surface area contributed by atoms with Crippen molar-refractivity contribution in [1.29, 1.82) is 0 Å². The van der Waals surface area contributed by atoms with Crippen LogP contribution in [-0.4, -0.2) is 43.3 Å². The van der Waals surface area contributed by atoms with Crippen LogP contribution in [-0.2, 0) is 11.3 Å². The van der Waals surface area contributed by atoms with Crippen molar-refractivity contribution in [3.05, 3.63) is 23.3 Å². The summed E-state index contributed by atoms with van der Waals surface area (Å²) in [5.74, 6) is 1.06. The van der Waals surface area contributed by atoms with Gasteiger partial charge in [0, 0.05) is 25.2 Å². The Balaban J connectivity index is 3.03. The van der Waals surface area contributed by atoms with Crippen LogP contribution in [0.25, 0.3) is 0 Å². The van der Waals surface area contributed by atoms with Crippen LogP contribution in [0, 0.1) is 6.92 Å². The molecule has 0 aromatic heterocycles. The van der Waals surface area contributed by atoms with Crippen LogP contribution in [0.5, 0.6) is 11.5 Å². The van der Waals surface area contributed by atoms with Crippen molar-refractivity contribution in [2.24, 2.45) is 0 Å². The van der Waals surface area contributed by atoms with Crippen molar-refractivity contribution >= 4 is 5.91 Å². The van der Waals surface area contributed by atoms with Crippen LogP contribution in [0.15, 0.2) is 12.1 Å². The number of methoxy groups -OCH3 is 2. The van der Waals surface area contributed by atoms with Gasteiger partial charge in [0.25, 0.3) is 5.91 Å². The Morgan fingerprint density at radius 2 is 2.00 bits per heavy atom. The predicted molar refractivity (Wildman–Crippen MR) is 72.4 cm³/mol. The number of carbonyl (C=O) groups is 1. The van der Waals surface area contributed by atoms with Gasteiger partial charge in [-0.25, -0.2) is 0 Å². The molecule has 0 heterocycles. The number of aliphatic hydroxyl groups is 1. The Bertz CT molecular complexity index is 457. The molecule has 0 radical (unpaired) electrons. The summed E-state index contributed by atoms with van der Waals surface area (Å²) in [5.41, 5.74) is 1.88. The standard InChI is InChI=1S/C14H21NO4/c1-9-6-11(18-4)7-13(19-5)12(9)8-15(3)14(17)10(2)16/h6-7,10,16H,8H2,1-5H3. The first kappa shape index (κ1) is 15.3. The molecule has 1 amide bonds. The van der Waals surface area contributed by atoms with Crippen molar-refractivity contribution in [2.45, 2.75) is 26.5 Å². The van der Waals surface area contributed by atoms with Gasteiger partial charge in [-0.05, 0) is 25.5 Å². The lowest BCUT2D eigenvalue weighted by Crippen LogP contribution is -2.34. The van der Waals surface area contributed by atoms with E-state index in [1.54, 1.807) is 27.3 Å². The van der Waals surface area contributed by atoms with Crippen molar-refractivity contribution in [2.75, 3.05) is 21.3 Å². The van der Waals surface area contributed by atoms with Crippen LogP contribution in [0.4, 0.5) is 0 Å². The molecule has 0 saturated carbocycles. The number of carbonyl (C=O) groups excluding carboxylic acids is 1. The molecule has 1 N–H and O–H groups in total. The minimum absolute atomic E-state index is 0.322. The van der Waals surface area contributed by atoms with E-state index in [1.165, 1.54) is 11.8 Å². The fraction of sp³-hybridized carbons (Fsp3) is 0.500. The first-order chi connectivity index (χ1) is 8.90. The van der Waals surface area contributed by atoms with Gasteiger partial charge in [-0.2, -0.15) is 0 Å². The highest BCUT2D eigenvalue weighted by molar-refractivity contribution is 5.80. The fourth-order valence-electron chi connectivity index (χ4n) is 1.89. The maximum Gasteiger partial charge on any atom is 0.251 e. The molecule has 19 heavy (non-hydrogen) atoms. The maximum atomic E-state index is 11.7. The summed E-state index contributed by atoms with van der Waals surface area (Å²) in [5, 5.41) is 9.30. The quantitative estimate of drug-likeness (QED) is 0.875. The van der Waals surface area contributed by atoms with E-state index in [9.17, 15) is 9.90 Å². The maximum absolute atomic E-state index is 11.7. The second-order valence-corrected chi connectivity index (χ2v) is 4.50. The third-order valence-electron chi connectivity index (χ3n) is 2.99. The fourth-order valence-corrected chi connectivity index (χ4v) is 1.89. The summed E-state index contributed by atoms with van der Waals surface area (Å²) >= 11 is 0. The van der Waals surface area contributed by atoms with Crippen LogP contribution < -0.4 is 9.47 Å². The van der Waals surface area contributed by atoms with Gasteiger partial charge in [0.15, 0.2) is 0 Å². The monoisotopic (exact) mass is 267 g/mol. The Labute approximate surface area is 113 Å². The number of nitrogens with zero attached hydrogens (tertiary/aromatic N) is 1. The zero-order chi connectivity index (χ0) is 14.6. The van der Waals surface area contributed by atoms with Gasteiger partial charge in [0.1, 0.15) is 17.6 Å². The van der Waals surface area contributed by atoms with E-state index in [0.29, 0.717) is 18.0 Å². The minimum atomic E-state index is -1.01. The summed E-state index contributed by atoms with van der Waals surface area (Å²) in [4.78, 5) is 13.2. The van der Waals surface area contributed by atoms with E-state index >= 15 is 0 Å². The van der Waals surface area contributed by atoms with Gasteiger partial charge in [0.2, 0.25) is 0 Å². The van der Waals surface area contributed by atoms with E-state index in [1.807, 2.05) is 13.0 Å². The molecule has 106 valence electrons. The van der Waals surface area contributed by atoms with Crippen LogP contribution in [0.1, 0.15) is 18.1 Å². The highest BCUT2D eigenvalue weighted by atomic mass is 16.5. The number of likely N-dealkylation sites (N-methyl/N-ethyl adjacent to an activating group) is 1. The molecule has 5 heteroatoms. The Hall–Kier alpha value is -1.75. The first-order valence-corrected chi connectivity index (χ1v) is 6.05.